The second kappa shape index (κ2) is 10.6. The Hall–Kier alpha value is -6.38. The number of furan rings is 2. The first-order valence-electron chi connectivity index (χ1n) is 16.3. The van der Waals surface area contributed by atoms with Crippen LogP contribution in [0.1, 0.15) is 0 Å². The van der Waals surface area contributed by atoms with Gasteiger partial charge in [-0.1, -0.05) is 133 Å². The third-order valence-electron chi connectivity index (χ3n) is 9.73. The molecule has 2 nitrogen and oxygen atoms in total. The Bertz CT molecular complexity index is 2760. The van der Waals surface area contributed by atoms with E-state index in [1.165, 1.54) is 49.4 Å². The van der Waals surface area contributed by atoms with E-state index >= 15 is 0 Å². The molecule has 224 valence electrons. The standard InChI is InChI=1S/C46H28O2/c1-3-12-29(13-4-1)31-16-11-17-32(24-31)45-34-18-7-9-20-36(34)46(37-21-10-8-19-35(37)45)33-22-23-42-38(25-33)39-26-43-40(27-44(39)48-42)41(28-47-43)30-14-5-2-6-15-30/h1-28H. The normalized spacial score (nSPS) is 11.8. The molecule has 0 bridgehead atoms. The third kappa shape index (κ3) is 4.13. The Kier molecular flexibility index (Phi) is 5.91. The monoisotopic (exact) mass is 612 g/mol. The van der Waals surface area contributed by atoms with E-state index in [-0.39, 0.29) is 0 Å². The molecule has 0 fully saturated rings. The summed E-state index contributed by atoms with van der Waals surface area (Å²) in [7, 11) is 0. The molecule has 0 saturated carbocycles. The highest BCUT2D eigenvalue weighted by molar-refractivity contribution is 6.22. The van der Waals surface area contributed by atoms with Crippen molar-refractivity contribution in [1.29, 1.82) is 0 Å². The molecule has 0 amide bonds. The zero-order valence-electron chi connectivity index (χ0n) is 26.0. The highest BCUT2D eigenvalue weighted by atomic mass is 16.3. The van der Waals surface area contributed by atoms with Crippen molar-refractivity contribution in [2.24, 2.45) is 0 Å². The van der Waals surface area contributed by atoms with Crippen LogP contribution in [-0.2, 0) is 0 Å². The molecule has 0 aliphatic rings. The fraction of sp³-hybridized carbons (Fsp3) is 0. The number of rotatable bonds is 4. The van der Waals surface area contributed by atoms with Gasteiger partial charge in [-0.15, -0.1) is 0 Å². The van der Waals surface area contributed by atoms with Gasteiger partial charge in [0.05, 0.1) is 6.26 Å². The van der Waals surface area contributed by atoms with Crippen molar-refractivity contribution in [2.75, 3.05) is 0 Å². The molecule has 0 radical (unpaired) electrons. The van der Waals surface area contributed by atoms with Crippen LogP contribution in [0.4, 0.5) is 0 Å². The first-order chi connectivity index (χ1) is 23.8. The van der Waals surface area contributed by atoms with Gasteiger partial charge in [-0.3, -0.25) is 0 Å². The largest absolute Gasteiger partial charge is 0.464 e. The smallest absolute Gasteiger partial charge is 0.136 e. The Morgan fingerprint density at radius 1 is 0.292 bits per heavy atom. The molecule has 10 rings (SSSR count). The zero-order valence-corrected chi connectivity index (χ0v) is 26.0. The molecular formula is C46H28O2. The number of benzene rings is 8. The first kappa shape index (κ1) is 26.8. The van der Waals surface area contributed by atoms with Gasteiger partial charge in [0.2, 0.25) is 0 Å². The van der Waals surface area contributed by atoms with Gasteiger partial charge in [0.25, 0.3) is 0 Å². The van der Waals surface area contributed by atoms with Crippen LogP contribution >= 0.6 is 0 Å². The van der Waals surface area contributed by atoms with Crippen molar-refractivity contribution < 1.29 is 8.83 Å². The predicted octanol–water partition coefficient (Wildman–Crippen LogP) is 13.3. The van der Waals surface area contributed by atoms with Gasteiger partial charge in [0, 0.05) is 21.7 Å². The summed E-state index contributed by atoms with van der Waals surface area (Å²) in [6.45, 7) is 0. The molecule has 0 unspecified atom stereocenters. The van der Waals surface area contributed by atoms with E-state index in [1.54, 1.807) is 0 Å². The molecular weight excluding hydrogens is 585 g/mol. The average Bonchev–Trinajstić information content (AvgIpc) is 3.74. The molecule has 2 aromatic heterocycles. The summed E-state index contributed by atoms with van der Waals surface area (Å²) in [5.74, 6) is 0. The molecule has 8 aromatic carbocycles. The van der Waals surface area contributed by atoms with Crippen LogP contribution in [0.5, 0.6) is 0 Å². The van der Waals surface area contributed by atoms with Crippen molar-refractivity contribution in [3.05, 3.63) is 170 Å². The lowest BCUT2D eigenvalue weighted by Gasteiger charge is -2.18. The van der Waals surface area contributed by atoms with Crippen molar-refractivity contribution in [2.45, 2.75) is 0 Å². The predicted molar refractivity (Wildman–Crippen MR) is 200 cm³/mol. The van der Waals surface area contributed by atoms with Gasteiger partial charge >= 0.3 is 0 Å². The Morgan fingerprint density at radius 2 is 0.812 bits per heavy atom. The minimum Gasteiger partial charge on any atom is -0.464 e. The minimum absolute atomic E-state index is 0.854. The van der Waals surface area contributed by atoms with Gasteiger partial charge in [0.15, 0.2) is 0 Å². The first-order valence-corrected chi connectivity index (χ1v) is 16.3. The Morgan fingerprint density at radius 3 is 1.48 bits per heavy atom. The van der Waals surface area contributed by atoms with Crippen molar-refractivity contribution >= 4 is 54.5 Å². The molecule has 0 spiro atoms. The van der Waals surface area contributed by atoms with Gasteiger partial charge in [-0.25, -0.2) is 0 Å². The summed E-state index contributed by atoms with van der Waals surface area (Å²) in [6.07, 6.45) is 1.85. The summed E-state index contributed by atoms with van der Waals surface area (Å²) in [5, 5.41) is 8.11. The van der Waals surface area contributed by atoms with E-state index in [0.717, 1.165) is 49.6 Å². The summed E-state index contributed by atoms with van der Waals surface area (Å²) in [5.41, 5.74) is 12.1. The van der Waals surface area contributed by atoms with Crippen molar-refractivity contribution in [3.8, 4) is 44.5 Å². The average molecular weight is 613 g/mol. The molecule has 2 heterocycles. The summed E-state index contributed by atoms with van der Waals surface area (Å²) >= 11 is 0. The van der Waals surface area contributed by atoms with Crippen LogP contribution in [0.3, 0.4) is 0 Å². The van der Waals surface area contributed by atoms with E-state index in [2.05, 4.69) is 158 Å². The van der Waals surface area contributed by atoms with Gasteiger partial charge < -0.3 is 8.83 Å². The van der Waals surface area contributed by atoms with Crippen LogP contribution in [0.15, 0.2) is 179 Å². The van der Waals surface area contributed by atoms with Crippen LogP contribution in [0.25, 0.3) is 99.0 Å². The van der Waals surface area contributed by atoms with E-state index in [1.807, 2.05) is 12.3 Å². The lowest BCUT2D eigenvalue weighted by Crippen LogP contribution is -1.91. The number of fused-ring (bicyclic) bond motifs is 6. The molecule has 2 heteroatoms. The van der Waals surface area contributed by atoms with Gasteiger partial charge in [0.1, 0.15) is 16.7 Å². The highest BCUT2D eigenvalue weighted by Crippen LogP contribution is 2.45. The fourth-order valence-electron chi connectivity index (χ4n) is 7.53. The lowest BCUT2D eigenvalue weighted by molar-refractivity contribution is 0.617. The maximum absolute atomic E-state index is 6.47. The van der Waals surface area contributed by atoms with E-state index in [9.17, 15) is 0 Å². The Balaban J connectivity index is 1.20. The molecule has 48 heavy (non-hydrogen) atoms. The summed E-state index contributed by atoms with van der Waals surface area (Å²) in [6, 6.07) is 58.4. The SMILES string of the molecule is c1ccc(-c2cccc(-c3c4ccccc4c(-c4ccc5oc6cc7c(-c8ccccc8)coc7cc6c5c4)c4ccccc34)c2)cc1. The minimum atomic E-state index is 0.854. The van der Waals surface area contributed by atoms with Crippen molar-refractivity contribution in [3.63, 3.8) is 0 Å². The summed E-state index contributed by atoms with van der Waals surface area (Å²) in [4.78, 5) is 0. The number of hydrogen-bond acceptors (Lipinski definition) is 2. The maximum atomic E-state index is 6.47. The Labute approximate surface area is 277 Å². The van der Waals surface area contributed by atoms with E-state index in [4.69, 9.17) is 8.83 Å². The highest BCUT2D eigenvalue weighted by Gasteiger charge is 2.19. The molecule has 0 atom stereocenters. The van der Waals surface area contributed by atoms with Gasteiger partial charge in [-0.2, -0.15) is 0 Å². The fourth-order valence-corrected chi connectivity index (χ4v) is 7.53. The van der Waals surface area contributed by atoms with E-state index < -0.39 is 0 Å². The summed E-state index contributed by atoms with van der Waals surface area (Å²) < 4.78 is 12.6. The van der Waals surface area contributed by atoms with Crippen LogP contribution in [0.2, 0.25) is 0 Å². The number of hydrogen-bond donors (Lipinski definition) is 0. The molecule has 0 aliphatic carbocycles. The molecule has 0 aliphatic heterocycles. The topological polar surface area (TPSA) is 26.3 Å². The third-order valence-corrected chi connectivity index (χ3v) is 9.73. The lowest BCUT2D eigenvalue weighted by atomic mass is 9.85. The molecule has 0 saturated heterocycles. The van der Waals surface area contributed by atoms with Crippen LogP contribution in [-0.4, -0.2) is 0 Å². The van der Waals surface area contributed by atoms with E-state index in [0.29, 0.717) is 0 Å². The maximum Gasteiger partial charge on any atom is 0.136 e. The zero-order chi connectivity index (χ0) is 31.6. The van der Waals surface area contributed by atoms with Crippen LogP contribution in [0, 0.1) is 0 Å². The molecule has 0 N–H and O–H groups in total. The van der Waals surface area contributed by atoms with Gasteiger partial charge in [-0.05, 0) is 90.8 Å². The second-order valence-corrected chi connectivity index (χ2v) is 12.5. The molecule has 10 aromatic rings. The second-order valence-electron chi connectivity index (χ2n) is 12.5. The van der Waals surface area contributed by atoms with Crippen LogP contribution < -0.4 is 0 Å². The quantitative estimate of drug-likeness (QED) is 0.185. The van der Waals surface area contributed by atoms with Crippen molar-refractivity contribution in [1.82, 2.24) is 0 Å².